The van der Waals surface area contributed by atoms with Gasteiger partial charge in [-0.1, -0.05) is 26.7 Å². The molecule has 0 unspecified atom stereocenters. The molecule has 17 heavy (non-hydrogen) atoms. The fraction of sp³-hybridized carbons (Fsp3) is 1.00. The molecule has 0 fully saturated rings. The molecule has 3 heteroatoms. The van der Waals surface area contributed by atoms with Crippen LogP contribution in [0, 0.1) is 0 Å². The summed E-state index contributed by atoms with van der Waals surface area (Å²) in [5.74, 6) is 0.815. The standard InChI is InChI=1S/C14H31ClN.BrH/c1-4-6-8-12-16(3,14-10-11-15)13-9-7-5-2;/h4-14H2,1-3H3;1H/q+1;/p-1. The van der Waals surface area contributed by atoms with Crippen LogP contribution >= 0.6 is 11.6 Å². The molecule has 106 valence electrons. The average Bonchev–Trinajstić information content (AvgIpc) is 2.27. The Bertz CT molecular complexity index is 143. The number of hydrogen-bond acceptors (Lipinski definition) is 0. The first-order valence-electron chi connectivity index (χ1n) is 7.08. The molecule has 0 saturated carbocycles. The highest BCUT2D eigenvalue weighted by molar-refractivity contribution is 6.17. The molecule has 0 rings (SSSR count). The molecule has 0 aromatic carbocycles. The Balaban J connectivity index is 0. The number of quaternary nitrogens is 1. The Hall–Kier alpha value is 0.730. The highest BCUT2D eigenvalue weighted by atomic mass is 79.9. The minimum absolute atomic E-state index is 0. The van der Waals surface area contributed by atoms with Gasteiger partial charge in [0.15, 0.2) is 0 Å². The summed E-state index contributed by atoms with van der Waals surface area (Å²) >= 11 is 5.82. The third kappa shape index (κ3) is 11.5. The maximum Gasteiger partial charge on any atom is 0.0796 e. The van der Waals surface area contributed by atoms with Crippen LogP contribution in [0.1, 0.15) is 58.8 Å². The lowest BCUT2D eigenvalue weighted by atomic mass is 10.1. The molecule has 0 atom stereocenters. The normalized spacial score (nSPS) is 11.3. The average molecular weight is 329 g/mol. The van der Waals surface area contributed by atoms with Gasteiger partial charge in [-0.25, -0.2) is 0 Å². The van der Waals surface area contributed by atoms with Gasteiger partial charge in [-0.15, -0.1) is 11.6 Å². The summed E-state index contributed by atoms with van der Waals surface area (Å²) in [5, 5.41) is 0. The van der Waals surface area contributed by atoms with E-state index in [1.807, 2.05) is 0 Å². The van der Waals surface area contributed by atoms with Crippen molar-refractivity contribution < 1.29 is 21.5 Å². The van der Waals surface area contributed by atoms with Crippen LogP contribution in [0.2, 0.25) is 0 Å². The third-order valence-corrected chi connectivity index (χ3v) is 3.70. The molecule has 0 saturated heterocycles. The van der Waals surface area contributed by atoms with Crippen LogP contribution in [0.4, 0.5) is 0 Å². The van der Waals surface area contributed by atoms with Crippen LogP contribution in [0.25, 0.3) is 0 Å². The topological polar surface area (TPSA) is 0 Å². The summed E-state index contributed by atoms with van der Waals surface area (Å²) in [7, 11) is 2.41. The Morgan fingerprint density at radius 3 is 1.53 bits per heavy atom. The van der Waals surface area contributed by atoms with E-state index >= 15 is 0 Å². The molecule has 0 aromatic heterocycles. The molecule has 0 aromatic rings. The lowest BCUT2D eigenvalue weighted by Crippen LogP contribution is -3.00. The van der Waals surface area contributed by atoms with Gasteiger partial charge >= 0.3 is 0 Å². The van der Waals surface area contributed by atoms with Crippen molar-refractivity contribution in [2.75, 3.05) is 32.6 Å². The molecule has 0 heterocycles. The van der Waals surface area contributed by atoms with Crippen LogP contribution in [-0.4, -0.2) is 37.0 Å². The van der Waals surface area contributed by atoms with Gasteiger partial charge in [-0.05, 0) is 25.7 Å². The summed E-state index contributed by atoms with van der Waals surface area (Å²) in [5.41, 5.74) is 0. The van der Waals surface area contributed by atoms with E-state index in [1.54, 1.807) is 0 Å². The number of halogens is 2. The van der Waals surface area contributed by atoms with Gasteiger partial charge in [-0.3, -0.25) is 0 Å². The van der Waals surface area contributed by atoms with Crippen LogP contribution in [0.3, 0.4) is 0 Å². The maximum absolute atomic E-state index is 5.82. The highest BCUT2D eigenvalue weighted by Gasteiger charge is 2.19. The maximum atomic E-state index is 5.82. The first kappa shape index (κ1) is 20.1. The summed E-state index contributed by atoms with van der Waals surface area (Å²) in [6, 6.07) is 0. The van der Waals surface area contributed by atoms with Gasteiger partial charge in [0, 0.05) is 12.3 Å². The Morgan fingerprint density at radius 2 is 1.18 bits per heavy atom. The van der Waals surface area contributed by atoms with Crippen molar-refractivity contribution in [2.45, 2.75) is 58.8 Å². The Morgan fingerprint density at radius 1 is 0.765 bits per heavy atom. The van der Waals surface area contributed by atoms with Crippen LogP contribution in [0.5, 0.6) is 0 Å². The van der Waals surface area contributed by atoms with Crippen molar-refractivity contribution in [3.05, 3.63) is 0 Å². The molecule has 0 aliphatic rings. The van der Waals surface area contributed by atoms with Crippen molar-refractivity contribution in [2.24, 2.45) is 0 Å². The molecule has 0 radical (unpaired) electrons. The Labute approximate surface area is 124 Å². The van der Waals surface area contributed by atoms with E-state index in [0.29, 0.717) is 0 Å². The van der Waals surface area contributed by atoms with E-state index < -0.39 is 0 Å². The first-order valence-corrected chi connectivity index (χ1v) is 7.61. The fourth-order valence-electron chi connectivity index (χ4n) is 2.26. The molecular formula is C14H31BrClN. The zero-order valence-corrected chi connectivity index (χ0v) is 14.3. The molecule has 0 aliphatic heterocycles. The van der Waals surface area contributed by atoms with Gasteiger partial charge in [0.1, 0.15) is 0 Å². The van der Waals surface area contributed by atoms with E-state index in [1.165, 1.54) is 62.6 Å². The first-order chi connectivity index (χ1) is 7.68. The number of alkyl halides is 1. The van der Waals surface area contributed by atoms with Gasteiger partial charge in [0.2, 0.25) is 0 Å². The third-order valence-electron chi connectivity index (χ3n) is 3.43. The van der Waals surface area contributed by atoms with E-state index in [9.17, 15) is 0 Å². The quantitative estimate of drug-likeness (QED) is 0.306. The molecule has 0 spiro atoms. The smallest absolute Gasteiger partial charge is 0.0796 e. The SMILES string of the molecule is CCCCC[N+](C)(CCCCl)CCCCC.[Br-]. The molecule has 0 bridgehead atoms. The monoisotopic (exact) mass is 327 g/mol. The van der Waals surface area contributed by atoms with E-state index in [2.05, 4.69) is 20.9 Å². The van der Waals surface area contributed by atoms with E-state index in [-0.39, 0.29) is 17.0 Å². The zero-order valence-electron chi connectivity index (χ0n) is 12.0. The lowest BCUT2D eigenvalue weighted by Gasteiger charge is -2.35. The van der Waals surface area contributed by atoms with Crippen molar-refractivity contribution in [3.63, 3.8) is 0 Å². The van der Waals surface area contributed by atoms with Crippen molar-refractivity contribution >= 4 is 11.6 Å². The van der Waals surface area contributed by atoms with Crippen molar-refractivity contribution in [1.82, 2.24) is 0 Å². The van der Waals surface area contributed by atoms with Gasteiger partial charge in [-0.2, -0.15) is 0 Å². The zero-order chi connectivity index (χ0) is 12.3. The van der Waals surface area contributed by atoms with E-state index in [0.717, 1.165) is 12.3 Å². The van der Waals surface area contributed by atoms with E-state index in [4.69, 9.17) is 11.6 Å². The summed E-state index contributed by atoms with van der Waals surface area (Å²) in [4.78, 5) is 0. The largest absolute Gasteiger partial charge is 1.00 e. The predicted molar refractivity (Wildman–Crippen MR) is 75.2 cm³/mol. The van der Waals surface area contributed by atoms with Crippen LogP contribution < -0.4 is 17.0 Å². The molecule has 1 nitrogen and oxygen atoms in total. The fourth-order valence-corrected chi connectivity index (χ4v) is 2.38. The minimum Gasteiger partial charge on any atom is -1.00 e. The molecule has 0 amide bonds. The highest BCUT2D eigenvalue weighted by Crippen LogP contribution is 2.12. The number of unbranched alkanes of at least 4 members (excludes halogenated alkanes) is 4. The number of nitrogens with zero attached hydrogens (tertiary/aromatic N) is 1. The second-order valence-corrected chi connectivity index (χ2v) is 5.63. The second-order valence-electron chi connectivity index (χ2n) is 5.25. The minimum atomic E-state index is 0. The van der Waals surface area contributed by atoms with Crippen molar-refractivity contribution in [1.29, 1.82) is 0 Å². The summed E-state index contributed by atoms with van der Waals surface area (Å²) < 4.78 is 1.24. The van der Waals surface area contributed by atoms with Crippen LogP contribution in [0.15, 0.2) is 0 Å². The van der Waals surface area contributed by atoms with Gasteiger partial charge < -0.3 is 21.5 Å². The predicted octanol–water partition coefficient (Wildman–Crippen LogP) is 1.45. The number of hydrogen-bond donors (Lipinski definition) is 0. The molecule has 0 aliphatic carbocycles. The van der Waals surface area contributed by atoms with Crippen LogP contribution in [-0.2, 0) is 0 Å². The summed E-state index contributed by atoms with van der Waals surface area (Å²) in [6.45, 7) is 8.50. The van der Waals surface area contributed by atoms with Crippen molar-refractivity contribution in [3.8, 4) is 0 Å². The Kier molecular flexibility index (Phi) is 15.5. The van der Waals surface area contributed by atoms with Gasteiger partial charge in [0.05, 0.1) is 26.7 Å². The second kappa shape index (κ2) is 13.2. The lowest BCUT2D eigenvalue weighted by molar-refractivity contribution is -0.910. The summed E-state index contributed by atoms with van der Waals surface area (Å²) in [6.07, 6.45) is 9.32. The van der Waals surface area contributed by atoms with Gasteiger partial charge in [0.25, 0.3) is 0 Å². The molecular weight excluding hydrogens is 298 g/mol. The number of rotatable bonds is 11. The molecule has 0 N–H and O–H groups in total.